The summed E-state index contributed by atoms with van der Waals surface area (Å²) in [4.78, 5) is 24.1. The van der Waals surface area contributed by atoms with E-state index in [-0.39, 0.29) is 28.8 Å². The lowest BCUT2D eigenvalue weighted by molar-refractivity contribution is -0.384. The third-order valence-electron chi connectivity index (χ3n) is 2.83. The first kappa shape index (κ1) is 15.5. The molecular formula is C14H12ClNO4S. The van der Waals surface area contributed by atoms with Gasteiger partial charge in [-0.1, -0.05) is 11.6 Å². The number of non-ortho nitro benzene ring substituents is 1. The van der Waals surface area contributed by atoms with Crippen LogP contribution in [0.15, 0.2) is 24.3 Å². The number of hydrogen-bond donors (Lipinski definition) is 0. The summed E-state index contributed by atoms with van der Waals surface area (Å²) in [6, 6.07) is 5.69. The van der Waals surface area contributed by atoms with E-state index in [0.717, 1.165) is 9.75 Å². The molecule has 0 unspecified atom stereocenters. The van der Waals surface area contributed by atoms with Gasteiger partial charge in [0.15, 0.2) is 6.61 Å². The van der Waals surface area contributed by atoms with Gasteiger partial charge >= 0.3 is 0 Å². The molecule has 0 bridgehead atoms. The van der Waals surface area contributed by atoms with Gasteiger partial charge in [0.2, 0.25) is 5.78 Å². The van der Waals surface area contributed by atoms with E-state index >= 15 is 0 Å². The highest BCUT2D eigenvalue weighted by Gasteiger charge is 2.15. The fraction of sp³-hybridized carbons (Fsp3) is 0.214. The maximum absolute atomic E-state index is 12.1. The molecule has 0 fully saturated rings. The van der Waals surface area contributed by atoms with E-state index in [1.165, 1.54) is 18.2 Å². The monoisotopic (exact) mass is 325 g/mol. The number of carbonyl (C=O) groups is 1. The summed E-state index contributed by atoms with van der Waals surface area (Å²) in [5.74, 6) is 0.103. The molecule has 2 aromatic rings. The molecule has 0 N–H and O–H groups in total. The van der Waals surface area contributed by atoms with Crippen LogP contribution in [0.5, 0.6) is 5.75 Å². The van der Waals surface area contributed by atoms with Crippen LogP contribution in [0.1, 0.15) is 20.1 Å². The average molecular weight is 326 g/mol. The molecule has 1 aromatic heterocycles. The summed E-state index contributed by atoms with van der Waals surface area (Å²) in [5, 5.41) is 10.7. The number of rotatable bonds is 5. The molecular weight excluding hydrogens is 314 g/mol. The highest BCUT2D eigenvalue weighted by molar-refractivity contribution is 7.12. The zero-order valence-corrected chi connectivity index (χ0v) is 13.0. The molecule has 2 rings (SSSR count). The number of hydrogen-bond acceptors (Lipinski definition) is 5. The minimum atomic E-state index is -0.543. The number of nitrogens with zero attached hydrogens (tertiary/aromatic N) is 1. The number of nitro benzene ring substituents is 1. The van der Waals surface area contributed by atoms with Crippen LogP contribution in [0.2, 0.25) is 5.02 Å². The molecule has 1 aromatic carbocycles. The molecule has 0 aliphatic carbocycles. The summed E-state index contributed by atoms with van der Waals surface area (Å²) in [6.45, 7) is 3.65. The standard InChI is InChI=1S/C14H12ClNO4S/c1-8-5-11(9(2)21-8)13(17)7-20-14-4-3-10(16(18)19)6-12(14)15/h3-6H,7H2,1-2H3. The first-order chi connectivity index (χ1) is 9.88. The van der Waals surface area contributed by atoms with Gasteiger partial charge in [-0.25, -0.2) is 0 Å². The lowest BCUT2D eigenvalue weighted by Gasteiger charge is -2.07. The van der Waals surface area contributed by atoms with Crippen molar-refractivity contribution in [2.75, 3.05) is 6.61 Å². The van der Waals surface area contributed by atoms with E-state index in [9.17, 15) is 14.9 Å². The lowest BCUT2D eigenvalue weighted by Crippen LogP contribution is -2.12. The third-order valence-corrected chi connectivity index (χ3v) is 4.09. The predicted molar refractivity (Wildman–Crippen MR) is 81.7 cm³/mol. The number of ether oxygens (including phenoxy) is 1. The van der Waals surface area contributed by atoms with E-state index in [0.29, 0.717) is 5.56 Å². The van der Waals surface area contributed by atoms with Gasteiger partial charge in [-0.15, -0.1) is 11.3 Å². The van der Waals surface area contributed by atoms with Gasteiger partial charge in [0.25, 0.3) is 5.69 Å². The van der Waals surface area contributed by atoms with Gasteiger partial charge in [0, 0.05) is 27.5 Å². The number of benzene rings is 1. The molecule has 110 valence electrons. The van der Waals surface area contributed by atoms with Gasteiger partial charge < -0.3 is 4.74 Å². The van der Waals surface area contributed by atoms with E-state index in [1.54, 1.807) is 11.3 Å². The normalized spacial score (nSPS) is 10.4. The molecule has 0 aliphatic heterocycles. The zero-order chi connectivity index (χ0) is 15.6. The Morgan fingerprint density at radius 2 is 2.10 bits per heavy atom. The molecule has 21 heavy (non-hydrogen) atoms. The van der Waals surface area contributed by atoms with Crippen LogP contribution in [-0.4, -0.2) is 17.3 Å². The summed E-state index contributed by atoms with van der Waals surface area (Å²) >= 11 is 7.45. The van der Waals surface area contributed by atoms with Crippen molar-refractivity contribution in [1.29, 1.82) is 0 Å². The van der Waals surface area contributed by atoms with Crippen molar-refractivity contribution in [3.8, 4) is 5.75 Å². The number of carbonyl (C=O) groups excluding carboxylic acids is 1. The first-order valence-corrected chi connectivity index (χ1v) is 7.25. The largest absolute Gasteiger partial charge is 0.484 e. The van der Waals surface area contributed by atoms with Crippen LogP contribution in [0.25, 0.3) is 0 Å². The second-order valence-corrected chi connectivity index (χ2v) is 6.28. The van der Waals surface area contributed by atoms with Gasteiger partial charge in [0.1, 0.15) is 5.75 Å². The Morgan fingerprint density at radius 1 is 1.38 bits per heavy atom. The molecule has 7 heteroatoms. The van der Waals surface area contributed by atoms with Crippen molar-refractivity contribution in [1.82, 2.24) is 0 Å². The topological polar surface area (TPSA) is 69.4 Å². The quantitative estimate of drug-likeness (QED) is 0.469. The summed E-state index contributed by atoms with van der Waals surface area (Å²) in [5.41, 5.74) is 0.513. The molecule has 0 aliphatic rings. The minimum Gasteiger partial charge on any atom is -0.484 e. The van der Waals surface area contributed by atoms with Crippen molar-refractivity contribution >= 4 is 34.4 Å². The van der Waals surface area contributed by atoms with Crippen LogP contribution in [-0.2, 0) is 0 Å². The molecule has 0 spiro atoms. The molecule has 0 saturated carbocycles. The fourth-order valence-electron chi connectivity index (χ4n) is 1.85. The van der Waals surface area contributed by atoms with E-state index in [4.69, 9.17) is 16.3 Å². The maximum atomic E-state index is 12.1. The Hall–Kier alpha value is -1.92. The fourth-order valence-corrected chi connectivity index (χ4v) is 3.02. The molecule has 1 heterocycles. The van der Waals surface area contributed by atoms with Crippen LogP contribution in [0, 0.1) is 24.0 Å². The molecule has 0 radical (unpaired) electrons. The minimum absolute atomic E-state index is 0.107. The van der Waals surface area contributed by atoms with Gasteiger partial charge in [-0.2, -0.15) is 0 Å². The Labute approximate surface area is 130 Å². The molecule has 0 saturated heterocycles. The Balaban J connectivity index is 2.08. The second-order valence-electron chi connectivity index (χ2n) is 4.41. The maximum Gasteiger partial charge on any atom is 0.271 e. The summed E-state index contributed by atoms with van der Waals surface area (Å²) in [6.07, 6.45) is 0. The Kier molecular flexibility index (Phi) is 4.59. The number of aryl methyl sites for hydroxylation is 2. The second kappa shape index (κ2) is 6.24. The number of nitro groups is 1. The van der Waals surface area contributed by atoms with Gasteiger partial charge in [-0.3, -0.25) is 14.9 Å². The van der Waals surface area contributed by atoms with Crippen molar-refractivity contribution in [2.24, 2.45) is 0 Å². The lowest BCUT2D eigenvalue weighted by atomic mass is 10.2. The smallest absolute Gasteiger partial charge is 0.271 e. The Morgan fingerprint density at radius 3 is 2.62 bits per heavy atom. The average Bonchev–Trinajstić information content (AvgIpc) is 2.75. The van der Waals surface area contributed by atoms with Crippen molar-refractivity contribution < 1.29 is 14.5 Å². The van der Waals surface area contributed by atoms with Crippen molar-refractivity contribution in [3.63, 3.8) is 0 Å². The number of thiophene rings is 1. The highest BCUT2D eigenvalue weighted by atomic mass is 35.5. The first-order valence-electron chi connectivity index (χ1n) is 6.05. The summed E-state index contributed by atoms with van der Waals surface area (Å²) < 4.78 is 5.35. The van der Waals surface area contributed by atoms with Gasteiger partial charge in [-0.05, 0) is 26.0 Å². The van der Waals surface area contributed by atoms with Crippen LogP contribution in [0.4, 0.5) is 5.69 Å². The SMILES string of the molecule is Cc1cc(C(=O)COc2ccc([N+](=O)[O-])cc2Cl)c(C)s1. The molecule has 0 atom stereocenters. The van der Waals surface area contributed by atoms with Crippen molar-refractivity contribution in [3.05, 3.63) is 54.7 Å². The molecule has 0 amide bonds. The summed E-state index contributed by atoms with van der Waals surface area (Å²) in [7, 11) is 0. The number of Topliss-reactive ketones (excluding diaryl/α,β-unsaturated/α-hetero) is 1. The van der Waals surface area contributed by atoms with Crippen molar-refractivity contribution in [2.45, 2.75) is 13.8 Å². The zero-order valence-electron chi connectivity index (χ0n) is 11.4. The highest BCUT2D eigenvalue weighted by Crippen LogP contribution is 2.29. The van der Waals surface area contributed by atoms with Crippen LogP contribution in [0.3, 0.4) is 0 Å². The van der Waals surface area contributed by atoms with E-state index < -0.39 is 4.92 Å². The van der Waals surface area contributed by atoms with Gasteiger partial charge in [0.05, 0.1) is 9.95 Å². The van der Waals surface area contributed by atoms with Crippen LogP contribution < -0.4 is 4.74 Å². The number of ketones is 1. The third kappa shape index (κ3) is 3.59. The predicted octanol–water partition coefficient (Wildman–Crippen LogP) is 4.19. The van der Waals surface area contributed by atoms with E-state index in [1.807, 2.05) is 19.9 Å². The van der Waals surface area contributed by atoms with E-state index in [2.05, 4.69) is 0 Å². The Bertz CT molecular complexity index is 711. The number of halogens is 1. The van der Waals surface area contributed by atoms with Crippen LogP contribution >= 0.6 is 22.9 Å². The molecule has 5 nitrogen and oxygen atoms in total.